The molecule has 7 nitrogen and oxygen atoms in total. The molecule has 1 aliphatic rings. The Labute approximate surface area is 157 Å². The van der Waals surface area contributed by atoms with E-state index in [1.54, 1.807) is 12.1 Å². The van der Waals surface area contributed by atoms with Gasteiger partial charge in [0.15, 0.2) is 5.82 Å². The summed E-state index contributed by atoms with van der Waals surface area (Å²) in [7, 11) is 1.47. The van der Waals surface area contributed by atoms with E-state index < -0.39 is 5.82 Å². The molecule has 2 aromatic rings. The van der Waals surface area contributed by atoms with Gasteiger partial charge in [0.2, 0.25) is 11.9 Å². The molecule has 1 fully saturated rings. The van der Waals surface area contributed by atoms with Gasteiger partial charge < -0.3 is 9.47 Å². The van der Waals surface area contributed by atoms with E-state index in [0.29, 0.717) is 11.7 Å². The van der Waals surface area contributed by atoms with Gasteiger partial charge in [0.05, 0.1) is 12.7 Å². The van der Waals surface area contributed by atoms with Crippen molar-refractivity contribution in [2.75, 3.05) is 25.6 Å². The zero-order chi connectivity index (χ0) is 19.2. The Morgan fingerprint density at radius 3 is 2.93 bits per heavy atom. The molecule has 3 rings (SSSR count). The van der Waals surface area contributed by atoms with Crippen LogP contribution in [0.1, 0.15) is 32.6 Å². The normalized spacial score (nSPS) is 16.1. The number of hydrogen-bond donors (Lipinski definition) is 2. The quantitative estimate of drug-likeness (QED) is 0.773. The van der Waals surface area contributed by atoms with Crippen molar-refractivity contribution in [2.45, 2.75) is 32.6 Å². The molecule has 0 aliphatic carbocycles. The van der Waals surface area contributed by atoms with Crippen LogP contribution in [0.25, 0.3) is 11.4 Å². The first-order valence-corrected chi connectivity index (χ1v) is 9.21. The highest BCUT2D eigenvalue weighted by molar-refractivity contribution is 5.90. The van der Waals surface area contributed by atoms with Crippen molar-refractivity contribution >= 4 is 11.9 Å². The first kappa shape index (κ1) is 19.3. The molecule has 1 aromatic carbocycles. The van der Waals surface area contributed by atoms with E-state index in [4.69, 9.17) is 9.47 Å². The van der Waals surface area contributed by atoms with Crippen LogP contribution in [-0.4, -0.2) is 41.4 Å². The standard InChI is InChI=1S/C19H25FN4O3/c1-12(3-4-13-7-9-27-10-8-13)18(25)22-19-21-17(23-24-19)15-6-5-14(26-2)11-16(15)20/h5-6,11-13H,3-4,7-10H2,1-2H3,(H2,21,22,23,24,25). The average Bonchev–Trinajstić information content (AvgIpc) is 3.14. The number of halogens is 1. The second kappa shape index (κ2) is 8.94. The fourth-order valence-electron chi connectivity index (χ4n) is 3.14. The first-order chi connectivity index (χ1) is 13.1. The summed E-state index contributed by atoms with van der Waals surface area (Å²) in [5.74, 6) is 0.678. The van der Waals surface area contributed by atoms with Gasteiger partial charge in [-0.25, -0.2) is 4.39 Å². The number of carbonyl (C=O) groups excluding carboxylic acids is 1. The molecule has 1 saturated heterocycles. The molecule has 1 aliphatic heterocycles. The van der Waals surface area contributed by atoms with Gasteiger partial charge in [-0.2, -0.15) is 4.98 Å². The van der Waals surface area contributed by atoms with Crippen molar-refractivity contribution in [3.05, 3.63) is 24.0 Å². The maximum atomic E-state index is 14.1. The van der Waals surface area contributed by atoms with Crippen LogP contribution in [0.4, 0.5) is 10.3 Å². The Kier molecular flexibility index (Phi) is 6.39. The predicted octanol–water partition coefficient (Wildman–Crippen LogP) is 3.40. The summed E-state index contributed by atoms with van der Waals surface area (Å²) >= 11 is 0. The SMILES string of the molecule is COc1ccc(-c2nc(NC(=O)C(C)CCC3CCOCC3)n[nH]2)c(F)c1. The summed E-state index contributed by atoms with van der Waals surface area (Å²) in [5, 5.41) is 9.32. The van der Waals surface area contributed by atoms with Crippen LogP contribution in [0.2, 0.25) is 0 Å². The van der Waals surface area contributed by atoms with E-state index in [9.17, 15) is 9.18 Å². The van der Waals surface area contributed by atoms with Crippen LogP contribution < -0.4 is 10.1 Å². The fraction of sp³-hybridized carbons (Fsp3) is 0.526. The van der Waals surface area contributed by atoms with Gasteiger partial charge in [-0.15, -0.1) is 5.10 Å². The number of aromatic amines is 1. The summed E-state index contributed by atoms with van der Waals surface area (Å²) in [4.78, 5) is 16.5. The van der Waals surface area contributed by atoms with Crippen LogP contribution >= 0.6 is 0 Å². The fourth-order valence-corrected chi connectivity index (χ4v) is 3.14. The highest BCUT2D eigenvalue weighted by atomic mass is 19.1. The van der Waals surface area contributed by atoms with Gasteiger partial charge in [0, 0.05) is 25.2 Å². The van der Waals surface area contributed by atoms with Crippen molar-refractivity contribution in [3.63, 3.8) is 0 Å². The topological polar surface area (TPSA) is 89.1 Å². The van der Waals surface area contributed by atoms with Gasteiger partial charge >= 0.3 is 0 Å². The minimum Gasteiger partial charge on any atom is -0.497 e. The lowest BCUT2D eigenvalue weighted by molar-refractivity contribution is -0.119. The molecule has 1 amide bonds. The Bertz CT molecular complexity index is 774. The Balaban J connectivity index is 1.55. The van der Waals surface area contributed by atoms with E-state index in [2.05, 4.69) is 20.5 Å². The van der Waals surface area contributed by atoms with Crippen molar-refractivity contribution in [1.29, 1.82) is 0 Å². The number of anilines is 1. The molecule has 2 N–H and O–H groups in total. The number of benzene rings is 1. The number of hydrogen-bond acceptors (Lipinski definition) is 5. The Morgan fingerprint density at radius 1 is 1.44 bits per heavy atom. The first-order valence-electron chi connectivity index (χ1n) is 9.21. The second-order valence-corrected chi connectivity index (χ2v) is 6.88. The van der Waals surface area contributed by atoms with E-state index in [1.165, 1.54) is 13.2 Å². The molecule has 1 unspecified atom stereocenters. The molecule has 0 spiro atoms. The number of amides is 1. The van der Waals surface area contributed by atoms with Crippen molar-refractivity contribution in [3.8, 4) is 17.1 Å². The number of nitrogens with one attached hydrogen (secondary N) is 2. The smallest absolute Gasteiger partial charge is 0.249 e. The number of H-pyrrole nitrogens is 1. The van der Waals surface area contributed by atoms with Gasteiger partial charge in [0.25, 0.3) is 0 Å². The Morgan fingerprint density at radius 2 is 2.22 bits per heavy atom. The molecule has 0 radical (unpaired) electrons. The molecule has 146 valence electrons. The third-order valence-electron chi connectivity index (χ3n) is 4.95. The lowest BCUT2D eigenvalue weighted by Gasteiger charge is -2.22. The van der Waals surface area contributed by atoms with E-state index in [0.717, 1.165) is 38.9 Å². The van der Waals surface area contributed by atoms with E-state index in [-0.39, 0.29) is 29.2 Å². The number of nitrogens with zero attached hydrogens (tertiary/aromatic N) is 2. The molecule has 2 heterocycles. The number of methoxy groups -OCH3 is 1. The minimum absolute atomic E-state index is 0.136. The summed E-state index contributed by atoms with van der Waals surface area (Å²) in [5.41, 5.74) is 0.261. The van der Waals surface area contributed by atoms with E-state index in [1.807, 2.05) is 6.92 Å². The lowest BCUT2D eigenvalue weighted by Crippen LogP contribution is -2.23. The molecule has 1 aromatic heterocycles. The van der Waals surface area contributed by atoms with Crippen LogP contribution in [-0.2, 0) is 9.53 Å². The van der Waals surface area contributed by atoms with Crippen LogP contribution in [0.3, 0.4) is 0 Å². The summed E-state index contributed by atoms with van der Waals surface area (Å²) in [6.45, 7) is 3.52. The molecule has 0 saturated carbocycles. The molecule has 1 atom stereocenters. The monoisotopic (exact) mass is 376 g/mol. The Hall–Kier alpha value is -2.48. The average molecular weight is 376 g/mol. The second-order valence-electron chi connectivity index (χ2n) is 6.88. The zero-order valence-corrected chi connectivity index (χ0v) is 15.6. The highest BCUT2D eigenvalue weighted by Crippen LogP contribution is 2.25. The summed E-state index contributed by atoms with van der Waals surface area (Å²) < 4.78 is 24.5. The molecule has 27 heavy (non-hydrogen) atoms. The third-order valence-corrected chi connectivity index (χ3v) is 4.95. The van der Waals surface area contributed by atoms with Gasteiger partial charge in [0.1, 0.15) is 11.6 Å². The molecule has 8 heteroatoms. The minimum atomic E-state index is -0.479. The summed E-state index contributed by atoms with van der Waals surface area (Å²) in [6.07, 6.45) is 3.94. The molecular weight excluding hydrogens is 351 g/mol. The maximum absolute atomic E-state index is 14.1. The number of carbonyl (C=O) groups is 1. The van der Waals surface area contributed by atoms with Crippen molar-refractivity contribution in [1.82, 2.24) is 15.2 Å². The lowest BCUT2D eigenvalue weighted by atomic mass is 9.91. The van der Waals surface area contributed by atoms with Crippen molar-refractivity contribution < 1.29 is 18.7 Å². The van der Waals surface area contributed by atoms with Gasteiger partial charge in [-0.1, -0.05) is 6.92 Å². The largest absolute Gasteiger partial charge is 0.497 e. The van der Waals surface area contributed by atoms with Crippen LogP contribution in [0, 0.1) is 17.7 Å². The zero-order valence-electron chi connectivity index (χ0n) is 15.6. The van der Waals surface area contributed by atoms with Crippen molar-refractivity contribution in [2.24, 2.45) is 11.8 Å². The van der Waals surface area contributed by atoms with Gasteiger partial charge in [-0.3, -0.25) is 15.2 Å². The third kappa shape index (κ3) is 5.03. The molecule has 0 bridgehead atoms. The maximum Gasteiger partial charge on any atom is 0.249 e. The highest BCUT2D eigenvalue weighted by Gasteiger charge is 2.20. The number of rotatable bonds is 7. The van der Waals surface area contributed by atoms with Crippen LogP contribution in [0.5, 0.6) is 5.75 Å². The van der Waals surface area contributed by atoms with Crippen LogP contribution in [0.15, 0.2) is 18.2 Å². The van der Waals surface area contributed by atoms with E-state index >= 15 is 0 Å². The predicted molar refractivity (Wildman–Crippen MR) is 98.9 cm³/mol. The van der Waals surface area contributed by atoms with Gasteiger partial charge in [-0.05, 0) is 43.7 Å². The summed E-state index contributed by atoms with van der Waals surface area (Å²) in [6, 6.07) is 4.46. The number of aromatic nitrogens is 3. The number of ether oxygens (including phenoxy) is 2. The molecular formula is C19H25FN4O3.